The topological polar surface area (TPSA) is 41.1 Å². The molecular weight excluding hydrogens is 291 g/mol. The van der Waals surface area contributed by atoms with Gasteiger partial charge in [-0.05, 0) is 18.2 Å². The first kappa shape index (κ1) is 15.5. The number of para-hydroxylation sites is 1. The van der Waals surface area contributed by atoms with Crippen molar-refractivity contribution in [2.45, 2.75) is 13.0 Å². The van der Waals surface area contributed by atoms with Gasteiger partial charge in [-0.15, -0.1) is 0 Å². The number of halogens is 2. The van der Waals surface area contributed by atoms with E-state index in [9.17, 15) is 9.18 Å². The van der Waals surface area contributed by atoms with E-state index in [-0.39, 0.29) is 11.7 Å². The summed E-state index contributed by atoms with van der Waals surface area (Å²) in [4.78, 5) is 11.8. The van der Waals surface area contributed by atoms with Gasteiger partial charge < -0.3 is 10.6 Å². The lowest BCUT2D eigenvalue weighted by Gasteiger charge is -2.08. The van der Waals surface area contributed by atoms with Gasteiger partial charge >= 0.3 is 0 Å². The van der Waals surface area contributed by atoms with Crippen LogP contribution >= 0.6 is 11.6 Å². The lowest BCUT2D eigenvalue weighted by molar-refractivity contribution is -0.116. The van der Waals surface area contributed by atoms with Crippen molar-refractivity contribution in [1.29, 1.82) is 0 Å². The Kier molecular flexibility index (Phi) is 5.72. The van der Waals surface area contributed by atoms with Crippen LogP contribution in [0.1, 0.15) is 12.0 Å². The van der Waals surface area contributed by atoms with Crippen molar-refractivity contribution in [2.24, 2.45) is 0 Å². The molecule has 2 aromatic carbocycles. The molecule has 2 N–H and O–H groups in total. The normalized spacial score (nSPS) is 10.4. The van der Waals surface area contributed by atoms with Gasteiger partial charge in [0.15, 0.2) is 0 Å². The number of carbonyl (C=O) groups is 1. The molecule has 110 valence electrons. The highest BCUT2D eigenvalue weighted by molar-refractivity contribution is 6.33. The zero-order valence-electron chi connectivity index (χ0n) is 11.4. The molecule has 0 aromatic heterocycles. The first-order valence-electron chi connectivity index (χ1n) is 6.65. The highest BCUT2D eigenvalue weighted by Crippen LogP contribution is 2.20. The van der Waals surface area contributed by atoms with Crippen LogP contribution in [0, 0.1) is 5.82 Å². The van der Waals surface area contributed by atoms with Crippen LogP contribution in [0.25, 0.3) is 0 Å². The summed E-state index contributed by atoms with van der Waals surface area (Å²) in [6.07, 6.45) is 0.291. The quantitative estimate of drug-likeness (QED) is 0.801. The lowest BCUT2D eigenvalue weighted by atomic mass is 10.2. The van der Waals surface area contributed by atoms with Crippen molar-refractivity contribution >= 4 is 23.2 Å². The Bertz CT molecular complexity index is 619. The molecule has 2 rings (SSSR count). The van der Waals surface area contributed by atoms with Gasteiger partial charge in [0.1, 0.15) is 5.82 Å². The van der Waals surface area contributed by atoms with Gasteiger partial charge in [-0.2, -0.15) is 0 Å². The van der Waals surface area contributed by atoms with E-state index < -0.39 is 0 Å². The number of anilines is 1. The molecule has 0 saturated carbocycles. The number of hydrogen-bond acceptors (Lipinski definition) is 2. The van der Waals surface area contributed by atoms with Crippen LogP contribution in [0.4, 0.5) is 10.1 Å². The molecule has 5 heteroatoms. The Labute approximate surface area is 128 Å². The molecular formula is C16H16ClFN2O. The van der Waals surface area contributed by atoms with Gasteiger partial charge in [-0.1, -0.05) is 41.9 Å². The summed E-state index contributed by atoms with van der Waals surface area (Å²) >= 11 is 5.96. The van der Waals surface area contributed by atoms with Crippen LogP contribution < -0.4 is 10.6 Å². The summed E-state index contributed by atoms with van der Waals surface area (Å²) in [5.41, 5.74) is 1.18. The van der Waals surface area contributed by atoms with E-state index >= 15 is 0 Å². The predicted molar refractivity (Wildman–Crippen MR) is 82.8 cm³/mol. The average Bonchev–Trinajstić information content (AvgIpc) is 2.48. The van der Waals surface area contributed by atoms with Crippen molar-refractivity contribution in [3.8, 4) is 0 Å². The summed E-state index contributed by atoms with van der Waals surface area (Å²) in [5, 5.41) is 6.28. The van der Waals surface area contributed by atoms with Crippen LogP contribution in [-0.2, 0) is 11.3 Å². The third-order valence-electron chi connectivity index (χ3n) is 2.95. The second-order valence-electron chi connectivity index (χ2n) is 4.55. The van der Waals surface area contributed by atoms with Gasteiger partial charge in [-0.3, -0.25) is 4.79 Å². The molecule has 0 saturated heterocycles. The highest BCUT2D eigenvalue weighted by Gasteiger charge is 2.05. The Morgan fingerprint density at radius 3 is 2.57 bits per heavy atom. The zero-order chi connectivity index (χ0) is 15.1. The molecule has 0 radical (unpaired) electrons. The van der Waals surface area contributed by atoms with Crippen LogP contribution in [0.3, 0.4) is 0 Å². The van der Waals surface area contributed by atoms with Crippen molar-refractivity contribution in [3.05, 3.63) is 64.9 Å². The number of nitrogens with one attached hydrogen (secondary N) is 2. The zero-order valence-corrected chi connectivity index (χ0v) is 12.2. The number of carbonyl (C=O) groups excluding carboxylic acids is 1. The fourth-order valence-electron chi connectivity index (χ4n) is 1.84. The van der Waals surface area contributed by atoms with Crippen molar-refractivity contribution in [2.75, 3.05) is 11.9 Å². The monoisotopic (exact) mass is 306 g/mol. The number of rotatable bonds is 6. The second-order valence-corrected chi connectivity index (χ2v) is 4.95. The number of benzene rings is 2. The van der Waals surface area contributed by atoms with Crippen LogP contribution in [0.2, 0.25) is 5.02 Å². The van der Waals surface area contributed by atoms with E-state index in [1.54, 1.807) is 42.5 Å². The van der Waals surface area contributed by atoms with Crippen LogP contribution in [0.15, 0.2) is 48.5 Å². The molecule has 0 unspecified atom stereocenters. The predicted octanol–water partition coefficient (Wildman–Crippen LogP) is 3.60. The first-order chi connectivity index (χ1) is 10.2. The molecule has 0 aliphatic rings. The fourth-order valence-corrected chi connectivity index (χ4v) is 2.02. The number of amides is 1. The maximum atomic E-state index is 13.4. The third kappa shape index (κ3) is 4.85. The van der Waals surface area contributed by atoms with E-state index in [2.05, 4.69) is 10.6 Å². The Hall–Kier alpha value is -1.91. The van der Waals surface area contributed by atoms with Gasteiger partial charge in [0, 0.05) is 25.1 Å². The Morgan fingerprint density at radius 1 is 1.10 bits per heavy atom. The molecule has 0 aliphatic carbocycles. The standard InChI is InChI=1S/C16H16ClFN2O/c17-13-6-2-4-8-15(13)20-16(21)9-10-19-11-12-5-1-3-7-14(12)18/h1-8,19H,9-11H2,(H,20,21). The minimum Gasteiger partial charge on any atom is -0.325 e. The summed E-state index contributed by atoms with van der Waals surface area (Å²) in [6.45, 7) is 0.858. The smallest absolute Gasteiger partial charge is 0.225 e. The molecule has 2 aromatic rings. The molecule has 3 nitrogen and oxygen atoms in total. The summed E-state index contributed by atoms with van der Waals surface area (Å²) < 4.78 is 13.4. The van der Waals surface area contributed by atoms with Crippen LogP contribution in [0.5, 0.6) is 0 Å². The largest absolute Gasteiger partial charge is 0.325 e. The molecule has 21 heavy (non-hydrogen) atoms. The Morgan fingerprint density at radius 2 is 1.81 bits per heavy atom. The molecule has 0 bridgehead atoms. The lowest BCUT2D eigenvalue weighted by Crippen LogP contribution is -2.22. The van der Waals surface area contributed by atoms with Crippen molar-refractivity contribution in [3.63, 3.8) is 0 Å². The van der Waals surface area contributed by atoms with E-state index in [0.29, 0.717) is 35.8 Å². The molecule has 0 spiro atoms. The fraction of sp³-hybridized carbons (Fsp3) is 0.188. The van der Waals surface area contributed by atoms with Crippen molar-refractivity contribution in [1.82, 2.24) is 5.32 Å². The van der Waals surface area contributed by atoms with Gasteiger partial charge in [0.2, 0.25) is 5.91 Å². The number of hydrogen-bond donors (Lipinski definition) is 2. The Balaban J connectivity index is 1.73. The van der Waals surface area contributed by atoms with Gasteiger partial charge in [0.25, 0.3) is 0 Å². The second kappa shape index (κ2) is 7.76. The van der Waals surface area contributed by atoms with Gasteiger partial charge in [-0.25, -0.2) is 4.39 Å². The minimum absolute atomic E-state index is 0.135. The van der Waals surface area contributed by atoms with Gasteiger partial charge in [0.05, 0.1) is 10.7 Å². The minimum atomic E-state index is -0.245. The van der Waals surface area contributed by atoms with E-state index in [0.717, 1.165) is 0 Å². The highest BCUT2D eigenvalue weighted by atomic mass is 35.5. The average molecular weight is 307 g/mol. The van der Waals surface area contributed by atoms with Crippen molar-refractivity contribution < 1.29 is 9.18 Å². The summed E-state index contributed by atoms with van der Waals surface area (Å²) in [5.74, 6) is -0.380. The summed E-state index contributed by atoms with van der Waals surface area (Å²) in [6, 6.07) is 13.6. The summed E-state index contributed by atoms with van der Waals surface area (Å²) in [7, 11) is 0. The van der Waals surface area contributed by atoms with E-state index in [1.165, 1.54) is 6.07 Å². The van der Waals surface area contributed by atoms with E-state index in [1.807, 2.05) is 0 Å². The SMILES string of the molecule is O=C(CCNCc1ccccc1F)Nc1ccccc1Cl. The third-order valence-corrected chi connectivity index (χ3v) is 3.28. The molecule has 0 fully saturated rings. The van der Waals surface area contributed by atoms with E-state index in [4.69, 9.17) is 11.6 Å². The maximum Gasteiger partial charge on any atom is 0.225 e. The molecule has 0 atom stereocenters. The van der Waals surface area contributed by atoms with Crippen LogP contribution in [-0.4, -0.2) is 12.5 Å². The molecule has 0 heterocycles. The maximum absolute atomic E-state index is 13.4. The molecule has 1 amide bonds. The first-order valence-corrected chi connectivity index (χ1v) is 7.03. The molecule has 0 aliphatic heterocycles.